The first-order valence-corrected chi connectivity index (χ1v) is 18.0. The maximum absolute atomic E-state index is 14.2. The van der Waals surface area contributed by atoms with Crippen LogP contribution in [-0.4, -0.2) is 42.1 Å². The molecule has 4 atom stereocenters. The van der Waals surface area contributed by atoms with Crippen LogP contribution < -0.4 is 21.7 Å². The summed E-state index contributed by atoms with van der Waals surface area (Å²) in [6.45, 7) is 2.29. The Hall–Kier alpha value is -4.04. The molecule has 0 unspecified atom stereocenters. The van der Waals surface area contributed by atoms with Crippen LogP contribution in [-0.2, 0) is 32.0 Å². The van der Waals surface area contributed by atoms with Crippen molar-refractivity contribution in [1.29, 1.82) is 0 Å². The highest BCUT2D eigenvalue weighted by Crippen LogP contribution is 2.32. The zero-order chi connectivity index (χ0) is 33.9. The van der Waals surface area contributed by atoms with Crippen molar-refractivity contribution in [3.63, 3.8) is 0 Å². The molecule has 0 aromatic heterocycles. The van der Waals surface area contributed by atoms with E-state index in [2.05, 4.69) is 28.1 Å². The largest absolute Gasteiger partial charge is 0.349 e. The highest BCUT2D eigenvalue weighted by Gasteiger charge is 2.36. The average Bonchev–Trinajstić information content (AvgIpc) is 3.64. The number of carbonyl (C=O) groups excluding carboxylic acids is 4. The number of nitrogens with two attached hydrogens (primary N) is 1. The molecule has 0 bridgehead atoms. The van der Waals surface area contributed by atoms with E-state index in [0.717, 1.165) is 79.7 Å². The summed E-state index contributed by atoms with van der Waals surface area (Å²) in [6, 6.07) is 20.7. The van der Waals surface area contributed by atoms with E-state index in [0.29, 0.717) is 19.4 Å². The molecule has 0 heterocycles. The Morgan fingerprint density at radius 2 is 1.58 bits per heavy atom. The Labute approximate surface area is 285 Å². The maximum Gasteiger partial charge on any atom is 0.243 e. The fraction of sp³-hybridized carbons (Fsp3) is 0.500. The van der Waals surface area contributed by atoms with Crippen LogP contribution in [0.1, 0.15) is 100 Å². The molecule has 8 nitrogen and oxygen atoms in total. The SMILES string of the molecule is CCC(=O)N[C@@H](Cc1ccc2ccccc2c1)C(=O)N[C@H](C(=O)C[C@@H](CCCCN)C(=O)N[C@@H]1CCCc2ccccc21)C1CCCC1. The van der Waals surface area contributed by atoms with Crippen molar-refractivity contribution in [2.24, 2.45) is 17.6 Å². The van der Waals surface area contributed by atoms with Crippen LogP contribution in [0.15, 0.2) is 66.7 Å². The quantitative estimate of drug-likeness (QED) is 0.144. The molecular formula is C40H52N4O4. The second-order valence-electron chi connectivity index (χ2n) is 13.7. The molecule has 256 valence electrons. The number of fused-ring (bicyclic) bond motifs is 2. The summed E-state index contributed by atoms with van der Waals surface area (Å²) >= 11 is 0. The van der Waals surface area contributed by atoms with Gasteiger partial charge >= 0.3 is 0 Å². The van der Waals surface area contributed by atoms with Crippen molar-refractivity contribution in [2.75, 3.05) is 6.54 Å². The Balaban J connectivity index is 1.32. The molecule has 0 spiro atoms. The summed E-state index contributed by atoms with van der Waals surface area (Å²) in [4.78, 5) is 54.6. The molecule has 0 radical (unpaired) electrons. The maximum atomic E-state index is 14.2. The first-order chi connectivity index (χ1) is 23.4. The number of nitrogens with one attached hydrogen (secondary N) is 3. The lowest BCUT2D eigenvalue weighted by molar-refractivity contribution is -0.134. The first kappa shape index (κ1) is 35.3. The summed E-state index contributed by atoms with van der Waals surface area (Å²) in [7, 11) is 0. The molecule has 5 rings (SSSR count). The normalized spacial score (nSPS) is 18.0. The van der Waals surface area contributed by atoms with Gasteiger partial charge in [-0.05, 0) is 84.9 Å². The van der Waals surface area contributed by atoms with E-state index in [-0.39, 0.29) is 48.3 Å². The van der Waals surface area contributed by atoms with Gasteiger partial charge in [-0.2, -0.15) is 0 Å². The fourth-order valence-electron chi connectivity index (χ4n) is 7.54. The Bertz CT molecular complexity index is 1570. The number of unbranched alkanes of at least 4 members (excludes halogenated alkanes) is 1. The van der Waals surface area contributed by atoms with Crippen LogP contribution in [0.4, 0.5) is 0 Å². The summed E-state index contributed by atoms with van der Waals surface area (Å²) < 4.78 is 0. The topological polar surface area (TPSA) is 130 Å². The zero-order valence-electron chi connectivity index (χ0n) is 28.3. The molecule has 3 amide bonds. The molecular weight excluding hydrogens is 600 g/mol. The number of hydrogen-bond donors (Lipinski definition) is 4. The Morgan fingerprint density at radius 1 is 0.833 bits per heavy atom. The third-order valence-corrected chi connectivity index (χ3v) is 10.3. The van der Waals surface area contributed by atoms with Crippen molar-refractivity contribution >= 4 is 34.3 Å². The predicted molar refractivity (Wildman–Crippen MR) is 190 cm³/mol. The minimum Gasteiger partial charge on any atom is -0.349 e. The van der Waals surface area contributed by atoms with E-state index in [1.54, 1.807) is 6.92 Å². The van der Waals surface area contributed by atoms with Gasteiger partial charge in [0.25, 0.3) is 0 Å². The number of rotatable bonds is 16. The highest BCUT2D eigenvalue weighted by molar-refractivity contribution is 5.95. The van der Waals surface area contributed by atoms with E-state index in [1.165, 1.54) is 5.56 Å². The van der Waals surface area contributed by atoms with E-state index in [4.69, 9.17) is 5.73 Å². The van der Waals surface area contributed by atoms with Gasteiger partial charge in [-0.1, -0.05) is 92.9 Å². The summed E-state index contributed by atoms with van der Waals surface area (Å²) in [5, 5.41) is 11.5. The monoisotopic (exact) mass is 652 g/mol. The fourth-order valence-corrected chi connectivity index (χ4v) is 7.54. The lowest BCUT2D eigenvalue weighted by atomic mass is 9.85. The lowest BCUT2D eigenvalue weighted by Crippen LogP contribution is -2.54. The van der Waals surface area contributed by atoms with Gasteiger partial charge in [-0.25, -0.2) is 0 Å². The van der Waals surface area contributed by atoms with E-state index >= 15 is 0 Å². The van der Waals surface area contributed by atoms with Crippen LogP contribution in [0, 0.1) is 11.8 Å². The number of hydrogen-bond acceptors (Lipinski definition) is 5. The minimum atomic E-state index is -0.828. The molecule has 3 aromatic carbocycles. The number of aryl methyl sites for hydroxylation is 1. The number of amides is 3. The second-order valence-corrected chi connectivity index (χ2v) is 13.7. The number of benzene rings is 3. The number of Topliss-reactive ketones (excluding diaryl/α,β-unsaturated/α-hetero) is 1. The summed E-state index contributed by atoms with van der Waals surface area (Å²) in [5.74, 6) is -1.31. The molecule has 5 N–H and O–H groups in total. The number of carbonyl (C=O) groups is 4. The van der Waals surface area contributed by atoms with Crippen LogP contribution in [0.5, 0.6) is 0 Å². The molecule has 0 aliphatic heterocycles. The first-order valence-electron chi connectivity index (χ1n) is 18.0. The molecule has 2 aliphatic carbocycles. The summed E-state index contributed by atoms with van der Waals surface area (Å²) in [5.41, 5.74) is 9.14. The van der Waals surface area contributed by atoms with Crippen molar-refractivity contribution in [3.05, 3.63) is 83.4 Å². The second kappa shape index (κ2) is 17.4. The standard InChI is InChI=1S/C40H52N4O4/c1-2-37(46)42-35(25-27-21-22-28-12-3-6-16-31(28)24-27)40(48)44-38(30-14-4-5-15-30)36(45)26-32(17-9-10-23-41)39(47)43-34-20-11-18-29-13-7-8-19-33(29)34/h3,6-8,12-13,16,19,21-22,24,30,32,34-35,38H,2,4-5,9-11,14-15,17-18,20,23,25-26,41H2,1H3,(H,42,46)(H,43,47)(H,44,48)/t32-,34-,35+,38+/m1/s1. The number of ketones is 1. The van der Waals surface area contributed by atoms with Gasteiger partial charge in [0.05, 0.1) is 12.1 Å². The van der Waals surface area contributed by atoms with E-state index in [1.807, 2.05) is 54.6 Å². The molecule has 8 heteroatoms. The van der Waals surface area contributed by atoms with Crippen molar-refractivity contribution < 1.29 is 19.2 Å². The predicted octanol–water partition coefficient (Wildman–Crippen LogP) is 5.85. The molecule has 1 fully saturated rings. The Kier molecular flexibility index (Phi) is 12.8. The van der Waals surface area contributed by atoms with Gasteiger partial charge in [0.2, 0.25) is 17.7 Å². The van der Waals surface area contributed by atoms with Crippen LogP contribution in [0.25, 0.3) is 10.8 Å². The van der Waals surface area contributed by atoms with E-state index < -0.39 is 18.0 Å². The zero-order valence-corrected chi connectivity index (χ0v) is 28.3. The van der Waals surface area contributed by atoms with Crippen molar-refractivity contribution in [3.8, 4) is 0 Å². The lowest BCUT2D eigenvalue weighted by Gasteiger charge is -2.30. The molecule has 1 saturated carbocycles. The molecule has 2 aliphatic rings. The van der Waals surface area contributed by atoms with E-state index in [9.17, 15) is 19.2 Å². The minimum absolute atomic E-state index is 0.00243. The third kappa shape index (κ3) is 9.31. The van der Waals surface area contributed by atoms with Gasteiger partial charge in [-0.3, -0.25) is 19.2 Å². The van der Waals surface area contributed by atoms with Crippen molar-refractivity contribution in [2.45, 2.75) is 109 Å². The summed E-state index contributed by atoms with van der Waals surface area (Å²) in [6.07, 6.45) is 9.27. The smallest absolute Gasteiger partial charge is 0.243 e. The Morgan fingerprint density at radius 3 is 2.35 bits per heavy atom. The van der Waals surface area contributed by atoms with Gasteiger partial charge in [0.15, 0.2) is 5.78 Å². The van der Waals surface area contributed by atoms with Crippen molar-refractivity contribution in [1.82, 2.24) is 16.0 Å². The van der Waals surface area contributed by atoms with Crippen LogP contribution in [0.2, 0.25) is 0 Å². The molecule has 3 aromatic rings. The van der Waals surface area contributed by atoms with Gasteiger partial charge in [-0.15, -0.1) is 0 Å². The van der Waals surface area contributed by atoms with Gasteiger partial charge in [0, 0.05) is 25.2 Å². The van der Waals surface area contributed by atoms with Crippen LogP contribution in [0.3, 0.4) is 0 Å². The third-order valence-electron chi connectivity index (χ3n) is 10.3. The molecule has 0 saturated heterocycles. The highest BCUT2D eigenvalue weighted by atomic mass is 16.2. The molecule has 48 heavy (non-hydrogen) atoms. The van der Waals surface area contributed by atoms with Gasteiger partial charge < -0.3 is 21.7 Å². The average molecular weight is 653 g/mol. The van der Waals surface area contributed by atoms with Crippen LogP contribution >= 0.6 is 0 Å². The van der Waals surface area contributed by atoms with Gasteiger partial charge in [0.1, 0.15) is 6.04 Å².